The van der Waals surface area contributed by atoms with Gasteiger partial charge in [-0.05, 0) is 61.1 Å². The molecule has 2 aromatic rings. The zero-order valence-corrected chi connectivity index (χ0v) is 16.5. The fourth-order valence-corrected chi connectivity index (χ4v) is 4.49. The van der Waals surface area contributed by atoms with Crippen LogP contribution in [0.1, 0.15) is 42.9 Å². The van der Waals surface area contributed by atoms with E-state index < -0.39 is 0 Å². The highest BCUT2D eigenvalue weighted by Crippen LogP contribution is 2.34. The van der Waals surface area contributed by atoms with Gasteiger partial charge in [0.15, 0.2) is 0 Å². The minimum atomic E-state index is -0.306. The lowest BCUT2D eigenvalue weighted by atomic mass is 9.95. The molecular weight excluding hydrogens is 369 g/mol. The summed E-state index contributed by atoms with van der Waals surface area (Å²) in [4.78, 5) is 33.9. The Morgan fingerprint density at radius 3 is 2.48 bits per heavy atom. The summed E-state index contributed by atoms with van der Waals surface area (Å²) in [7, 11) is 0. The standard InChI is InChI=1S/C23H26FN3O2/c24-20-7-5-17(6-8-20)15-22(28)26-13-1-3-19(16-26)23(29)27-14-2-4-21(27)18-9-11-25-12-10-18/h5-12,19,21H,1-4,13-16H2. The summed E-state index contributed by atoms with van der Waals surface area (Å²) in [6.07, 6.45) is 7.40. The third kappa shape index (κ3) is 4.47. The van der Waals surface area contributed by atoms with Crippen molar-refractivity contribution in [3.63, 3.8) is 0 Å². The maximum Gasteiger partial charge on any atom is 0.227 e. The molecule has 1 aromatic heterocycles. The molecule has 2 saturated heterocycles. The molecule has 2 amide bonds. The lowest BCUT2D eigenvalue weighted by Crippen LogP contribution is -2.47. The van der Waals surface area contributed by atoms with Crippen LogP contribution in [0.5, 0.6) is 0 Å². The average molecular weight is 395 g/mol. The van der Waals surface area contributed by atoms with Crippen molar-refractivity contribution in [1.29, 1.82) is 0 Å². The molecule has 2 aliphatic rings. The predicted molar refractivity (Wildman–Crippen MR) is 107 cm³/mol. The zero-order chi connectivity index (χ0) is 20.2. The van der Waals surface area contributed by atoms with E-state index in [1.165, 1.54) is 12.1 Å². The molecule has 0 N–H and O–H groups in total. The zero-order valence-electron chi connectivity index (χ0n) is 16.5. The molecule has 4 rings (SSSR count). The topological polar surface area (TPSA) is 53.5 Å². The molecule has 1 aromatic carbocycles. The Bertz CT molecular complexity index is 856. The van der Waals surface area contributed by atoms with E-state index in [0.717, 1.165) is 43.4 Å². The van der Waals surface area contributed by atoms with Crippen molar-refractivity contribution in [1.82, 2.24) is 14.8 Å². The Kier molecular flexibility index (Phi) is 5.88. The number of amides is 2. The van der Waals surface area contributed by atoms with Crippen molar-refractivity contribution in [2.45, 2.75) is 38.1 Å². The fraction of sp³-hybridized carbons (Fsp3) is 0.435. The summed E-state index contributed by atoms with van der Waals surface area (Å²) in [5, 5.41) is 0. The first-order valence-electron chi connectivity index (χ1n) is 10.3. The van der Waals surface area contributed by atoms with Crippen molar-refractivity contribution in [3.05, 3.63) is 65.7 Å². The van der Waals surface area contributed by atoms with Crippen LogP contribution in [-0.2, 0) is 16.0 Å². The van der Waals surface area contributed by atoms with E-state index in [1.807, 2.05) is 17.0 Å². The Hall–Kier alpha value is -2.76. The third-order valence-electron chi connectivity index (χ3n) is 6.02. The van der Waals surface area contributed by atoms with Gasteiger partial charge in [-0.3, -0.25) is 14.6 Å². The summed E-state index contributed by atoms with van der Waals surface area (Å²) in [5.74, 6) is -0.299. The highest BCUT2D eigenvalue weighted by Gasteiger charge is 2.36. The number of benzene rings is 1. The number of halogens is 1. The Morgan fingerprint density at radius 2 is 1.72 bits per heavy atom. The molecule has 0 radical (unpaired) electrons. The minimum Gasteiger partial charge on any atom is -0.342 e. The number of likely N-dealkylation sites (tertiary alicyclic amines) is 2. The van der Waals surface area contributed by atoms with Crippen LogP contribution in [0.2, 0.25) is 0 Å². The highest BCUT2D eigenvalue weighted by molar-refractivity contribution is 5.83. The molecule has 2 aliphatic heterocycles. The van der Waals surface area contributed by atoms with Crippen LogP contribution >= 0.6 is 0 Å². The van der Waals surface area contributed by atoms with E-state index in [-0.39, 0.29) is 36.0 Å². The first-order valence-corrected chi connectivity index (χ1v) is 10.3. The molecule has 0 bridgehead atoms. The van der Waals surface area contributed by atoms with Gasteiger partial charge in [-0.2, -0.15) is 0 Å². The van der Waals surface area contributed by atoms with Gasteiger partial charge >= 0.3 is 0 Å². The summed E-state index contributed by atoms with van der Waals surface area (Å²) in [6, 6.07) is 10.1. The maximum absolute atomic E-state index is 13.3. The average Bonchev–Trinajstić information content (AvgIpc) is 3.25. The van der Waals surface area contributed by atoms with Crippen LogP contribution in [0, 0.1) is 11.7 Å². The van der Waals surface area contributed by atoms with E-state index in [9.17, 15) is 14.0 Å². The maximum atomic E-state index is 13.3. The predicted octanol–water partition coefficient (Wildman–Crippen LogP) is 3.37. The molecule has 0 aliphatic carbocycles. The monoisotopic (exact) mass is 395 g/mol. The summed E-state index contributed by atoms with van der Waals surface area (Å²) >= 11 is 0. The van der Waals surface area contributed by atoms with Crippen LogP contribution in [0.25, 0.3) is 0 Å². The van der Waals surface area contributed by atoms with Gasteiger partial charge in [0, 0.05) is 32.0 Å². The quantitative estimate of drug-likeness (QED) is 0.798. The molecule has 0 saturated carbocycles. The second kappa shape index (κ2) is 8.72. The van der Waals surface area contributed by atoms with E-state index in [1.54, 1.807) is 29.4 Å². The Labute approximate surface area is 170 Å². The van der Waals surface area contributed by atoms with Crippen molar-refractivity contribution in [2.75, 3.05) is 19.6 Å². The van der Waals surface area contributed by atoms with Crippen molar-refractivity contribution < 1.29 is 14.0 Å². The van der Waals surface area contributed by atoms with Gasteiger partial charge < -0.3 is 9.80 Å². The van der Waals surface area contributed by atoms with Crippen LogP contribution in [0.3, 0.4) is 0 Å². The number of hydrogen-bond acceptors (Lipinski definition) is 3. The third-order valence-corrected chi connectivity index (χ3v) is 6.02. The lowest BCUT2D eigenvalue weighted by Gasteiger charge is -2.36. The van der Waals surface area contributed by atoms with Crippen LogP contribution in [0.4, 0.5) is 4.39 Å². The molecule has 0 spiro atoms. The highest BCUT2D eigenvalue weighted by atomic mass is 19.1. The summed E-state index contributed by atoms with van der Waals surface area (Å²) in [6.45, 7) is 1.92. The number of carbonyl (C=O) groups is 2. The molecule has 2 unspecified atom stereocenters. The van der Waals surface area contributed by atoms with Gasteiger partial charge in [0.2, 0.25) is 11.8 Å². The van der Waals surface area contributed by atoms with Crippen LogP contribution in [-0.4, -0.2) is 46.2 Å². The Balaban J connectivity index is 1.40. The summed E-state index contributed by atoms with van der Waals surface area (Å²) < 4.78 is 13.1. The Morgan fingerprint density at radius 1 is 1.00 bits per heavy atom. The number of aromatic nitrogens is 1. The number of hydrogen-bond donors (Lipinski definition) is 0. The molecule has 5 nitrogen and oxygen atoms in total. The van der Waals surface area contributed by atoms with Crippen molar-refractivity contribution >= 4 is 11.8 Å². The van der Waals surface area contributed by atoms with Gasteiger partial charge in [-0.25, -0.2) is 4.39 Å². The van der Waals surface area contributed by atoms with Crippen LogP contribution in [0.15, 0.2) is 48.8 Å². The van der Waals surface area contributed by atoms with Crippen LogP contribution < -0.4 is 0 Å². The second-order valence-electron chi connectivity index (χ2n) is 7.95. The largest absolute Gasteiger partial charge is 0.342 e. The number of carbonyl (C=O) groups excluding carboxylic acids is 2. The van der Waals surface area contributed by atoms with E-state index >= 15 is 0 Å². The van der Waals surface area contributed by atoms with Gasteiger partial charge in [-0.15, -0.1) is 0 Å². The molecule has 3 heterocycles. The van der Waals surface area contributed by atoms with Crippen molar-refractivity contribution in [2.24, 2.45) is 5.92 Å². The first kappa shape index (κ1) is 19.6. The van der Waals surface area contributed by atoms with Gasteiger partial charge in [0.05, 0.1) is 18.4 Å². The van der Waals surface area contributed by atoms with Crippen molar-refractivity contribution in [3.8, 4) is 0 Å². The molecule has 2 atom stereocenters. The minimum absolute atomic E-state index is 0.00112. The van der Waals surface area contributed by atoms with E-state index in [2.05, 4.69) is 4.98 Å². The van der Waals surface area contributed by atoms with Gasteiger partial charge in [0.25, 0.3) is 0 Å². The number of pyridine rings is 1. The molecule has 29 heavy (non-hydrogen) atoms. The van der Waals surface area contributed by atoms with Gasteiger partial charge in [-0.1, -0.05) is 12.1 Å². The van der Waals surface area contributed by atoms with E-state index in [0.29, 0.717) is 13.1 Å². The molecule has 152 valence electrons. The fourth-order valence-electron chi connectivity index (χ4n) is 4.49. The number of rotatable bonds is 4. The lowest BCUT2D eigenvalue weighted by molar-refractivity contribution is -0.141. The second-order valence-corrected chi connectivity index (χ2v) is 7.95. The molecule has 6 heteroatoms. The molecule has 2 fully saturated rings. The summed E-state index contributed by atoms with van der Waals surface area (Å²) in [5.41, 5.74) is 1.92. The van der Waals surface area contributed by atoms with E-state index in [4.69, 9.17) is 0 Å². The SMILES string of the molecule is O=C(Cc1ccc(F)cc1)N1CCCC(C(=O)N2CCCC2c2ccncc2)C1. The normalized spacial score (nSPS) is 22.0. The smallest absolute Gasteiger partial charge is 0.227 e. The van der Waals surface area contributed by atoms with Gasteiger partial charge in [0.1, 0.15) is 5.82 Å². The first-order chi connectivity index (χ1) is 14.1. The molecular formula is C23H26FN3O2. The number of nitrogens with zero attached hydrogens (tertiary/aromatic N) is 3. The number of piperidine rings is 1.